The lowest BCUT2D eigenvalue weighted by Gasteiger charge is -2.08. The van der Waals surface area contributed by atoms with Crippen LogP contribution in [-0.4, -0.2) is 33.3 Å². The highest BCUT2D eigenvalue weighted by Crippen LogP contribution is 2.32. The monoisotopic (exact) mass is 363 g/mol. The summed E-state index contributed by atoms with van der Waals surface area (Å²) in [7, 11) is 3.16. The summed E-state index contributed by atoms with van der Waals surface area (Å²) in [4.78, 5) is 17.4. The molecule has 7 nitrogen and oxygen atoms in total. The van der Waals surface area contributed by atoms with Gasteiger partial charge in [-0.2, -0.15) is 0 Å². The van der Waals surface area contributed by atoms with Gasteiger partial charge >= 0.3 is 0 Å². The number of aromatic hydroxyl groups is 1. The first-order valence-corrected chi connectivity index (χ1v) is 8.23. The van der Waals surface area contributed by atoms with Crippen molar-refractivity contribution in [3.8, 4) is 34.2 Å². The Balaban J connectivity index is 1.91. The summed E-state index contributed by atoms with van der Waals surface area (Å²) in [6, 6.07) is 12.0. The van der Waals surface area contributed by atoms with E-state index in [4.69, 9.17) is 9.47 Å². The SMILES string of the molecule is COc1ccc(OC)c(-c2cn3ccn(-c4ccccc4O)c(=O)c3n2)c1. The lowest BCUT2D eigenvalue weighted by molar-refractivity contribution is 0.404. The lowest BCUT2D eigenvalue weighted by atomic mass is 10.1. The molecular formula is C20H17N3O4. The van der Waals surface area contributed by atoms with Crippen molar-refractivity contribution in [3.05, 3.63) is 71.4 Å². The minimum atomic E-state index is -0.341. The maximum absolute atomic E-state index is 12.9. The zero-order chi connectivity index (χ0) is 19.0. The average molecular weight is 363 g/mol. The van der Waals surface area contributed by atoms with E-state index in [-0.39, 0.29) is 17.0 Å². The maximum atomic E-state index is 12.9. The van der Waals surface area contributed by atoms with E-state index < -0.39 is 0 Å². The van der Waals surface area contributed by atoms with Crippen molar-refractivity contribution in [2.75, 3.05) is 14.2 Å². The molecule has 2 heterocycles. The third-order valence-electron chi connectivity index (χ3n) is 4.34. The van der Waals surface area contributed by atoms with Gasteiger partial charge in [0.2, 0.25) is 5.65 Å². The van der Waals surface area contributed by atoms with E-state index in [1.54, 1.807) is 67.5 Å². The molecule has 7 heteroatoms. The van der Waals surface area contributed by atoms with Crippen LogP contribution < -0.4 is 15.0 Å². The number of rotatable bonds is 4. The number of ether oxygens (including phenoxy) is 2. The number of aromatic nitrogens is 3. The number of hydrogen-bond acceptors (Lipinski definition) is 5. The van der Waals surface area contributed by atoms with Crippen molar-refractivity contribution < 1.29 is 14.6 Å². The van der Waals surface area contributed by atoms with Crippen molar-refractivity contribution in [2.24, 2.45) is 0 Å². The van der Waals surface area contributed by atoms with E-state index in [0.29, 0.717) is 28.4 Å². The second-order valence-electron chi connectivity index (χ2n) is 5.89. The van der Waals surface area contributed by atoms with Gasteiger partial charge in [-0.1, -0.05) is 12.1 Å². The number of nitrogens with zero attached hydrogens (tertiary/aromatic N) is 3. The average Bonchev–Trinajstić information content (AvgIpc) is 3.13. The smallest absolute Gasteiger partial charge is 0.298 e. The number of methoxy groups -OCH3 is 2. The molecule has 2 aromatic heterocycles. The summed E-state index contributed by atoms with van der Waals surface area (Å²) in [6.07, 6.45) is 5.06. The van der Waals surface area contributed by atoms with E-state index >= 15 is 0 Å². The van der Waals surface area contributed by atoms with Crippen molar-refractivity contribution in [1.82, 2.24) is 14.0 Å². The van der Waals surface area contributed by atoms with Gasteiger partial charge in [-0.25, -0.2) is 4.98 Å². The first kappa shape index (κ1) is 16.7. The summed E-state index contributed by atoms with van der Waals surface area (Å²) < 4.78 is 13.7. The van der Waals surface area contributed by atoms with Crippen LogP contribution >= 0.6 is 0 Å². The third-order valence-corrected chi connectivity index (χ3v) is 4.34. The van der Waals surface area contributed by atoms with Crippen LogP contribution in [0.4, 0.5) is 0 Å². The zero-order valence-corrected chi connectivity index (χ0v) is 14.8. The normalized spacial score (nSPS) is 10.9. The molecule has 136 valence electrons. The number of phenolic OH excluding ortho intramolecular Hbond substituents is 1. The topological polar surface area (TPSA) is 78.0 Å². The highest BCUT2D eigenvalue weighted by molar-refractivity contribution is 5.71. The van der Waals surface area contributed by atoms with E-state index in [1.807, 2.05) is 6.07 Å². The predicted octanol–water partition coefficient (Wildman–Crippen LogP) is 2.88. The van der Waals surface area contributed by atoms with Crippen LogP contribution in [0.25, 0.3) is 22.6 Å². The van der Waals surface area contributed by atoms with Gasteiger partial charge in [0.25, 0.3) is 5.56 Å². The molecule has 0 unspecified atom stereocenters. The molecule has 4 rings (SSSR count). The first-order valence-electron chi connectivity index (χ1n) is 8.23. The van der Waals surface area contributed by atoms with E-state index in [0.717, 1.165) is 0 Å². The van der Waals surface area contributed by atoms with E-state index in [9.17, 15) is 9.90 Å². The molecule has 4 aromatic rings. The number of fused-ring (bicyclic) bond motifs is 1. The highest BCUT2D eigenvalue weighted by atomic mass is 16.5. The fourth-order valence-electron chi connectivity index (χ4n) is 2.98. The molecule has 2 aromatic carbocycles. The standard InChI is InChI=1S/C20H17N3O4/c1-26-13-7-8-18(27-2)14(11-13)15-12-22-9-10-23(20(25)19(22)21-15)16-5-3-4-6-17(16)24/h3-12,24H,1-2H3. The van der Waals surface area contributed by atoms with Gasteiger partial charge in [0.1, 0.15) is 17.2 Å². The van der Waals surface area contributed by atoms with Crippen LogP contribution in [0.1, 0.15) is 0 Å². The van der Waals surface area contributed by atoms with Crippen LogP contribution in [0.5, 0.6) is 17.2 Å². The van der Waals surface area contributed by atoms with Crippen LogP contribution in [0.15, 0.2) is 65.8 Å². The van der Waals surface area contributed by atoms with Crippen LogP contribution in [-0.2, 0) is 0 Å². The van der Waals surface area contributed by atoms with Crippen molar-refractivity contribution in [2.45, 2.75) is 0 Å². The largest absolute Gasteiger partial charge is 0.506 e. The number of imidazole rings is 1. The molecule has 0 saturated heterocycles. The van der Waals surface area contributed by atoms with Gasteiger partial charge in [-0.3, -0.25) is 9.36 Å². The quantitative estimate of drug-likeness (QED) is 0.603. The van der Waals surface area contributed by atoms with Gasteiger partial charge in [-0.05, 0) is 30.3 Å². The fraction of sp³-hybridized carbons (Fsp3) is 0.100. The Labute approximate surface area is 154 Å². The first-order chi connectivity index (χ1) is 13.1. The van der Waals surface area contributed by atoms with Gasteiger partial charge in [0, 0.05) is 24.2 Å². The molecule has 1 N–H and O–H groups in total. The molecule has 0 bridgehead atoms. The van der Waals surface area contributed by atoms with Crippen molar-refractivity contribution in [1.29, 1.82) is 0 Å². The summed E-state index contributed by atoms with van der Waals surface area (Å²) in [5.74, 6) is 1.31. The zero-order valence-electron chi connectivity index (χ0n) is 14.8. The van der Waals surface area contributed by atoms with Crippen LogP contribution in [0, 0.1) is 0 Å². The molecule has 0 saturated carbocycles. The minimum Gasteiger partial charge on any atom is -0.506 e. The Kier molecular flexibility index (Phi) is 4.04. The minimum absolute atomic E-state index is 0.0187. The lowest BCUT2D eigenvalue weighted by Crippen LogP contribution is -2.19. The molecule has 0 atom stereocenters. The Bertz CT molecular complexity index is 1190. The molecule has 0 aliphatic heterocycles. The summed E-state index contributed by atoms with van der Waals surface area (Å²) in [6.45, 7) is 0. The third kappa shape index (κ3) is 2.79. The van der Waals surface area contributed by atoms with E-state index in [1.165, 1.54) is 10.6 Å². The fourth-order valence-corrected chi connectivity index (χ4v) is 2.98. The Hall–Kier alpha value is -3.74. The summed E-state index contributed by atoms with van der Waals surface area (Å²) in [5.41, 5.74) is 1.59. The Morgan fingerprint density at radius 3 is 2.59 bits per heavy atom. The Morgan fingerprint density at radius 2 is 1.85 bits per heavy atom. The summed E-state index contributed by atoms with van der Waals surface area (Å²) >= 11 is 0. The maximum Gasteiger partial charge on any atom is 0.298 e. The molecule has 0 amide bonds. The van der Waals surface area contributed by atoms with E-state index in [2.05, 4.69) is 4.98 Å². The predicted molar refractivity (Wildman–Crippen MR) is 101 cm³/mol. The molecule has 0 aliphatic rings. The van der Waals surface area contributed by atoms with Crippen LogP contribution in [0.2, 0.25) is 0 Å². The molecule has 0 radical (unpaired) electrons. The number of phenols is 1. The molecule has 0 aliphatic carbocycles. The van der Waals surface area contributed by atoms with Gasteiger partial charge in [-0.15, -0.1) is 0 Å². The van der Waals surface area contributed by atoms with Gasteiger partial charge < -0.3 is 19.0 Å². The molecule has 27 heavy (non-hydrogen) atoms. The Morgan fingerprint density at radius 1 is 1.04 bits per heavy atom. The second-order valence-corrected chi connectivity index (χ2v) is 5.89. The van der Waals surface area contributed by atoms with Crippen molar-refractivity contribution >= 4 is 5.65 Å². The molecule has 0 fully saturated rings. The number of hydrogen-bond donors (Lipinski definition) is 1. The van der Waals surface area contributed by atoms with Gasteiger partial charge in [0.05, 0.1) is 25.6 Å². The van der Waals surface area contributed by atoms with Crippen molar-refractivity contribution in [3.63, 3.8) is 0 Å². The number of para-hydroxylation sites is 2. The molecular weight excluding hydrogens is 346 g/mol. The summed E-state index contributed by atoms with van der Waals surface area (Å²) in [5, 5.41) is 10.1. The van der Waals surface area contributed by atoms with Crippen LogP contribution in [0.3, 0.4) is 0 Å². The van der Waals surface area contributed by atoms with Gasteiger partial charge in [0.15, 0.2) is 0 Å². The second kappa shape index (κ2) is 6.53. The number of benzene rings is 2. The molecule has 0 spiro atoms. The highest BCUT2D eigenvalue weighted by Gasteiger charge is 2.15.